The average Bonchev–Trinajstić information content (AvgIpc) is 2.95. The van der Waals surface area contributed by atoms with Crippen LogP contribution in [0.15, 0.2) is 61.2 Å². The number of hydrogen-bond donors (Lipinski definition) is 1. The van der Waals surface area contributed by atoms with Crippen LogP contribution in [0.1, 0.15) is 0 Å². The van der Waals surface area contributed by atoms with Crippen LogP contribution in [0.2, 0.25) is 0 Å². The molecule has 1 aromatic carbocycles. The van der Waals surface area contributed by atoms with Gasteiger partial charge in [-0.05, 0) is 40.8 Å². The van der Waals surface area contributed by atoms with E-state index in [1.54, 1.807) is 12.4 Å². The minimum atomic E-state index is 0.563. The van der Waals surface area contributed by atoms with Gasteiger partial charge in [0, 0.05) is 30.2 Å². The van der Waals surface area contributed by atoms with Crippen molar-refractivity contribution in [2.24, 2.45) is 0 Å². The first-order valence-corrected chi connectivity index (χ1v) is 6.39. The van der Waals surface area contributed by atoms with Gasteiger partial charge in [0.15, 0.2) is 0 Å². The molecule has 0 aliphatic carbocycles. The summed E-state index contributed by atoms with van der Waals surface area (Å²) in [5.41, 5.74) is 9.14. The van der Waals surface area contributed by atoms with Gasteiger partial charge in [-0.15, -0.1) is 0 Å². The second-order valence-electron chi connectivity index (χ2n) is 4.74. The van der Waals surface area contributed by atoms with Crippen LogP contribution in [0.4, 0.5) is 5.82 Å². The maximum Gasteiger partial charge on any atom is 0.136 e. The molecule has 0 atom stereocenters. The molecule has 0 unspecified atom stereocenters. The first-order valence-electron chi connectivity index (χ1n) is 6.39. The number of imidazole rings is 1. The molecule has 0 fully saturated rings. The van der Waals surface area contributed by atoms with Crippen LogP contribution in [-0.4, -0.2) is 14.4 Å². The van der Waals surface area contributed by atoms with Crippen molar-refractivity contribution in [1.82, 2.24) is 14.4 Å². The van der Waals surface area contributed by atoms with Crippen LogP contribution >= 0.6 is 0 Å². The number of benzene rings is 1. The van der Waals surface area contributed by atoms with Crippen LogP contribution in [0.3, 0.4) is 0 Å². The zero-order chi connectivity index (χ0) is 13.5. The standard InChI is InChI=1S/C16H12N4/c17-16-14-9-12(2-1-11(14)5-6-19-16)13-3-4-15-18-7-8-20(15)10-13/h1-10H,(H2,17,19). The maximum atomic E-state index is 5.95. The fourth-order valence-electron chi connectivity index (χ4n) is 2.46. The molecule has 3 heterocycles. The zero-order valence-electron chi connectivity index (χ0n) is 10.7. The molecule has 0 aliphatic rings. The smallest absolute Gasteiger partial charge is 0.136 e. The first-order chi connectivity index (χ1) is 9.81. The van der Waals surface area contributed by atoms with Crippen molar-refractivity contribution in [2.75, 3.05) is 5.73 Å². The summed E-state index contributed by atoms with van der Waals surface area (Å²) in [6.45, 7) is 0. The number of hydrogen-bond acceptors (Lipinski definition) is 3. The van der Waals surface area contributed by atoms with Gasteiger partial charge < -0.3 is 10.1 Å². The van der Waals surface area contributed by atoms with Crippen molar-refractivity contribution in [3.8, 4) is 11.1 Å². The van der Waals surface area contributed by atoms with Gasteiger partial charge in [0.05, 0.1) is 0 Å². The average molecular weight is 260 g/mol. The van der Waals surface area contributed by atoms with E-state index in [1.165, 1.54) is 0 Å². The summed E-state index contributed by atoms with van der Waals surface area (Å²) in [5, 5.41) is 2.08. The second-order valence-corrected chi connectivity index (χ2v) is 4.74. The monoisotopic (exact) mass is 260 g/mol. The highest BCUT2D eigenvalue weighted by Gasteiger charge is 2.04. The summed E-state index contributed by atoms with van der Waals surface area (Å²) in [4.78, 5) is 8.40. The Hall–Kier alpha value is -2.88. The number of anilines is 1. The molecule has 4 nitrogen and oxygen atoms in total. The number of fused-ring (bicyclic) bond motifs is 2. The van der Waals surface area contributed by atoms with E-state index < -0.39 is 0 Å². The van der Waals surface area contributed by atoms with Crippen molar-refractivity contribution in [1.29, 1.82) is 0 Å². The van der Waals surface area contributed by atoms with Gasteiger partial charge in [0.25, 0.3) is 0 Å². The third-order valence-corrected chi connectivity index (χ3v) is 3.52. The quantitative estimate of drug-likeness (QED) is 0.572. The van der Waals surface area contributed by atoms with E-state index >= 15 is 0 Å². The topological polar surface area (TPSA) is 56.2 Å². The molecule has 4 rings (SSSR count). The van der Waals surface area contributed by atoms with E-state index in [1.807, 2.05) is 22.7 Å². The van der Waals surface area contributed by atoms with Crippen molar-refractivity contribution in [3.63, 3.8) is 0 Å². The lowest BCUT2D eigenvalue weighted by atomic mass is 10.0. The van der Waals surface area contributed by atoms with Gasteiger partial charge in [0.1, 0.15) is 11.5 Å². The Morgan fingerprint density at radius 1 is 0.900 bits per heavy atom. The van der Waals surface area contributed by atoms with E-state index in [0.717, 1.165) is 27.5 Å². The van der Waals surface area contributed by atoms with Gasteiger partial charge in [-0.3, -0.25) is 0 Å². The van der Waals surface area contributed by atoms with Gasteiger partial charge in [-0.2, -0.15) is 0 Å². The molecular formula is C16H12N4. The summed E-state index contributed by atoms with van der Waals surface area (Å²) in [6.07, 6.45) is 7.53. The minimum Gasteiger partial charge on any atom is -0.383 e. The molecule has 0 bridgehead atoms. The Balaban J connectivity index is 1.94. The highest BCUT2D eigenvalue weighted by atomic mass is 15.0. The number of nitrogen functional groups attached to an aromatic ring is 1. The Morgan fingerprint density at radius 3 is 2.75 bits per heavy atom. The van der Waals surface area contributed by atoms with Crippen LogP contribution in [0.25, 0.3) is 27.5 Å². The van der Waals surface area contributed by atoms with E-state index in [2.05, 4.69) is 40.4 Å². The summed E-state index contributed by atoms with van der Waals surface area (Å²) in [6, 6.07) is 12.3. The predicted octanol–water partition coefficient (Wildman–Crippen LogP) is 3.13. The number of pyridine rings is 2. The van der Waals surface area contributed by atoms with Gasteiger partial charge in [-0.25, -0.2) is 9.97 Å². The largest absolute Gasteiger partial charge is 0.383 e. The summed E-state index contributed by atoms with van der Waals surface area (Å²) in [5.74, 6) is 0.563. The van der Waals surface area contributed by atoms with E-state index in [-0.39, 0.29) is 0 Å². The van der Waals surface area contributed by atoms with Gasteiger partial charge >= 0.3 is 0 Å². The maximum absolute atomic E-state index is 5.95. The van der Waals surface area contributed by atoms with Crippen molar-refractivity contribution in [3.05, 3.63) is 61.2 Å². The molecule has 4 aromatic rings. The van der Waals surface area contributed by atoms with Gasteiger partial charge in [0.2, 0.25) is 0 Å². The van der Waals surface area contributed by atoms with E-state index in [4.69, 9.17) is 5.73 Å². The lowest BCUT2D eigenvalue weighted by Crippen LogP contribution is -1.91. The molecular weight excluding hydrogens is 248 g/mol. The van der Waals surface area contributed by atoms with Gasteiger partial charge in [-0.1, -0.05) is 12.1 Å². The number of rotatable bonds is 1. The van der Waals surface area contributed by atoms with Crippen LogP contribution in [0.5, 0.6) is 0 Å². The van der Waals surface area contributed by atoms with Crippen molar-refractivity contribution in [2.45, 2.75) is 0 Å². The van der Waals surface area contributed by atoms with Crippen LogP contribution in [0, 0.1) is 0 Å². The molecule has 2 N–H and O–H groups in total. The number of nitrogens with two attached hydrogens (primary N) is 1. The van der Waals surface area contributed by atoms with E-state index in [9.17, 15) is 0 Å². The van der Waals surface area contributed by atoms with Crippen LogP contribution in [-0.2, 0) is 0 Å². The summed E-state index contributed by atoms with van der Waals surface area (Å²) >= 11 is 0. The number of nitrogens with zero attached hydrogens (tertiary/aromatic N) is 3. The summed E-state index contributed by atoms with van der Waals surface area (Å²) in [7, 11) is 0. The molecule has 0 saturated heterocycles. The summed E-state index contributed by atoms with van der Waals surface area (Å²) < 4.78 is 2.01. The third-order valence-electron chi connectivity index (χ3n) is 3.52. The molecule has 3 aromatic heterocycles. The second kappa shape index (κ2) is 4.06. The predicted molar refractivity (Wildman–Crippen MR) is 80.3 cm³/mol. The molecule has 20 heavy (non-hydrogen) atoms. The number of aromatic nitrogens is 3. The zero-order valence-corrected chi connectivity index (χ0v) is 10.7. The van der Waals surface area contributed by atoms with Crippen molar-refractivity contribution < 1.29 is 0 Å². The molecule has 96 valence electrons. The molecule has 0 aliphatic heterocycles. The molecule has 4 heteroatoms. The Kier molecular flexibility index (Phi) is 2.23. The van der Waals surface area contributed by atoms with Crippen molar-refractivity contribution >= 4 is 22.2 Å². The lowest BCUT2D eigenvalue weighted by molar-refractivity contribution is 1.19. The normalized spacial score (nSPS) is 11.2. The Bertz CT molecular complexity index is 924. The molecule has 0 amide bonds. The Labute approximate surface area is 115 Å². The first kappa shape index (κ1) is 11.0. The highest BCUT2D eigenvalue weighted by molar-refractivity contribution is 5.94. The van der Waals surface area contributed by atoms with Crippen LogP contribution < -0.4 is 5.73 Å². The molecule has 0 radical (unpaired) electrons. The highest BCUT2D eigenvalue weighted by Crippen LogP contribution is 2.26. The lowest BCUT2D eigenvalue weighted by Gasteiger charge is -2.06. The Morgan fingerprint density at radius 2 is 1.80 bits per heavy atom. The fraction of sp³-hybridized carbons (Fsp3) is 0. The minimum absolute atomic E-state index is 0.563. The van der Waals surface area contributed by atoms with E-state index in [0.29, 0.717) is 5.82 Å². The fourth-order valence-corrected chi connectivity index (χ4v) is 2.46. The molecule has 0 spiro atoms. The SMILES string of the molecule is Nc1nccc2ccc(-c3ccc4nccn4c3)cc12. The third kappa shape index (κ3) is 1.62. The molecule has 0 saturated carbocycles.